The molecule has 0 aliphatic heterocycles. The predicted octanol–water partition coefficient (Wildman–Crippen LogP) is 4.19. The van der Waals surface area contributed by atoms with Gasteiger partial charge >= 0.3 is 12.1 Å². The Hall–Kier alpha value is -2.35. The van der Waals surface area contributed by atoms with Gasteiger partial charge < -0.3 is 10.1 Å². The van der Waals surface area contributed by atoms with Crippen molar-refractivity contribution in [2.45, 2.75) is 12.6 Å². The van der Waals surface area contributed by atoms with Crippen LogP contribution in [0.2, 0.25) is 0 Å². The summed E-state index contributed by atoms with van der Waals surface area (Å²) in [5.41, 5.74) is -0.170. The van der Waals surface area contributed by atoms with Gasteiger partial charge in [0.15, 0.2) is 6.61 Å². The van der Waals surface area contributed by atoms with Crippen molar-refractivity contribution in [2.24, 2.45) is 0 Å². The quantitative estimate of drug-likeness (QED) is 0.744. The van der Waals surface area contributed by atoms with E-state index in [1.807, 2.05) is 0 Å². The van der Waals surface area contributed by atoms with Crippen molar-refractivity contribution >= 4 is 33.5 Å². The molecule has 1 N–H and O–H groups in total. The third kappa shape index (κ3) is 5.90. The lowest BCUT2D eigenvalue weighted by Gasteiger charge is -2.09. The first-order valence-corrected chi connectivity index (χ1v) is 7.91. The van der Waals surface area contributed by atoms with Crippen LogP contribution in [0.3, 0.4) is 0 Å². The van der Waals surface area contributed by atoms with E-state index in [0.717, 1.165) is 12.1 Å². The molecule has 2 aromatic carbocycles. The highest BCUT2D eigenvalue weighted by molar-refractivity contribution is 9.10. The van der Waals surface area contributed by atoms with Gasteiger partial charge in [0.1, 0.15) is 0 Å². The van der Waals surface area contributed by atoms with Gasteiger partial charge in [-0.15, -0.1) is 0 Å². The van der Waals surface area contributed by atoms with Crippen molar-refractivity contribution in [1.29, 1.82) is 0 Å². The number of ether oxygens (including phenoxy) is 1. The zero-order valence-corrected chi connectivity index (χ0v) is 14.4. The van der Waals surface area contributed by atoms with Crippen molar-refractivity contribution in [1.82, 2.24) is 0 Å². The largest absolute Gasteiger partial charge is 0.455 e. The Balaban J connectivity index is 1.87. The molecule has 4 nitrogen and oxygen atoms in total. The lowest BCUT2D eigenvalue weighted by molar-refractivity contribution is -0.146. The molecule has 25 heavy (non-hydrogen) atoms. The van der Waals surface area contributed by atoms with Gasteiger partial charge in [-0.25, -0.2) is 0 Å². The Morgan fingerprint density at radius 2 is 1.80 bits per heavy atom. The molecule has 0 aliphatic rings. The van der Waals surface area contributed by atoms with Crippen LogP contribution in [0.25, 0.3) is 0 Å². The summed E-state index contributed by atoms with van der Waals surface area (Å²) in [5.74, 6) is -1.34. The summed E-state index contributed by atoms with van der Waals surface area (Å²) < 4.78 is 43.3. The maximum absolute atomic E-state index is 12.6. The maximum Gasteiger partial charge on any atom is 0.416 e. The van der Waals surface area contributed by atoms with Crippen molar-refractivity contribution in [3.05, 3.63) is 64.1 Å². The van der Waals surface area contributed by atoms with Crippen LogP contribution in [-0.4, -0.2) is 18.5 Å². The number of hydrogen-bond acceptors (Lipinski definition) is 3. The van der Waals surface area contributed by atoms with E-state index in [1.165, 1.54) is 12.1 Å². The summed E-state index contributed by atoms with van der Waals surface area (Å²) in [7, 11) is 0. The molecule has 0 aromatic heterocycles. The molecule has 0 atom stereocenters. The Bertz CT molecular complexity index is 778. The molecule has 0 aliphatic carbocycles. The van der Waals surface area contributed by atoms with Crippen LogP contribution in [0, 0.1) is 0 Å². The van der Waals surface area contributed by atoms with E-state index in [-0.39, 0.29) is 12.0 Å². The Morgan fingerprint density at radius 1 is 1.08 bits per heavy atom. The molecule has 132 valence electrons. The fourth-order valence-corrected chi connectivity index (χ4v) is 2.35. The van der Waals surface area contributed by atoms with Crippen molar-refractivity contribution < 1.29 is 27.5 Å². The van der Waals surface area contributed by atoms with Gasteiger partial charge in [-0.1, -0.05) is 30.3 Å². The molecule has 1 amide bonds. The molecule has 0 saturated heterocycles. The fourth-order valence-electron chi connectivity index (χ4n) is 1.97. The molecule has 8 heteroatoms. The van der Waals surface area contributed by atoms with Gasteiger partial charge in [-0.3, -0.25) is 9.59 Å². The Kier molecular flexibility index (Phi) is 6.19. The number of benzene rings is 2. The van der Waals surface area contributed by atoms with Crippen molar-refractivity contribution in [3.8, 4) is 0 Å². The third-order valence-electron chi connectivity index (χ3n) is 3.11. The normalized spacial score (nSPS) is 11.0. The number of amides is 1. The van der Waals surface area contributed by atoms with Crippen LogP contribution in [0.1, 0.15) is 11.1 Å². The second kappa shape index (κ2) is 8.15. The molecule has 2 rings (SSSR count). The minimum Gasteiger partial charge on any atom is -0.455 e. The fraction of sp³-hybridized carbons (Fsp3) is 0.176. The van der Waals surface area contributed by atoms with E-state index in [4.69, 9.17) is 4.74 Å². The standard InChI is InChI=1S/C17H13BrF3NO3/c18-13-6-1-2-7-14(13)22-15(23)10-25-16(24)9-11-4-3-5-12(8-11)17(19,20)21/h1-8H,9-10H2,(H,22,23). The number of esters is 1. The van der Waals surface area contributed by atoms with E-state index in [9.17, 15) is 22.8 Å². The first kappa shape index (κ1) is 19.0. The van der Waals surface area contributed by atoms with Gasteiger partial charge in [0.2, 0.25) is 0 Å². The second-order valence-corrected chi connectivity index (χ2v) is 5.92. The van der Waals surface area contributed by atoms with Crippen LogP contribution in [0.5, 0.6) is 0 Å². The van der Waals surface area contributed by atoms with E-state index < -0.39 is 30.2 Å². The number of carbonyl (C=O) groups is 2. The monoisotopic (exact) mass is 415 g/mol. The molecular formula is C17H13BrF3NO3. The summed E-state index contributed by atoms with van der Waals surface area (Å²) in [4.78, 5) is 23.5. The minimum atomic E-state index is -4.48. The first-order chi connectivity index (χ1) is 11.8. The van der Waals surface area contributed by atoms with Gasteiger partial charge in [0.05, 0.1) is 17.7 Å². The summed E-state index contributed by atoms with van der Waals surface area (Å²) in [6.07, 6.45) is -4.84. The smallest absolute Gasteiger partial charge is 0.416 e. The number of carbonyl (C=O) groups excluding carboxylic acids is 2. The molecule has 0 bridgehead atoms. The van der Waals surface area contributed by atoms with Gasteiger partial charge in [0.25, 0.3) is 5.91 Å². The number of anilines is 1. The average Bonchev–Trinajstić information content (AvgIpc) is 2.55. The van der Waals surface area contributed by atoms with Crippen LogP contribution < -0.4 is 5.32 Å². The van der Waals surface area contributed by atoms with E-state index >= 15 is 0 Å². The minimum absolute atomic E-state index is 0.158. The number of hydrogen-bond donors (Lipinski definition) is 1. The van der Waals surface area contributed by atoms with E-state index in [0.29, 0.717) is 10.2 Å². The second-order valence-electron chi connectivity index (χ2n) is 5.06. The number of nitrogens with one attached hydrogen (secondary N) is 1. The molecule has 0 fully saturated rings. The van der Waals surface area contributed by atoms with Gasteiger partial charge in [-0.05, 0) is 39.7 Å². The van der Waals surface area contributed by atoms with Crippen LogP contribution in [0.4, 0.5) is 18.9 Å². The topological polar surface area (TPSA) is 55.4 Å². The zero-order chi connectivity index (χ0) is 18.4. The number of halogens is 4. The highest BCUT2D eigenvalue weighted by Gasteiger charge is 2.30. The molecule has 0 saturated carbocycles. The average molecular weight is 416 g/mol. The first-order valence-electron chi connectivity index (χ1n) is 7.12. The number of rotatable bonds is 5. The Labute approximate surface area is 150 Å². The maximum atomic E-state index is 12.6. The number of para-hydroxylation sites is 1. The highest BCUT2D eigenvalue weighted by Crippen LogP contribution is 2.29. The molecule has 0 spiro atoms. The molecule has 0 heterocycles. The van der Waals surface area contributed by atoms with Crippen molar-refractivity contribution in [3.63, 3.8) is 0 Å². The summed E-state index contributed by atoms with van der Waals surface area (Å²) in [5, 5.41) is 2.55. The Morgan fingerprint density at radius 3 is 2.48 bits per heavy atom. The summed E-state index contributed by atoms with van der Waals surface area (Å²) in [6, 6.07) is 11.3. The van der Waals surface area contributed by atoms with Crippen LogP contribution in [0.15, 0.2) is 53.0 Å². The van der Waals surface area contributed by atoms with Crippen LogP contribution >= 0.6 is 15.9 Å². The van der Waals surface area contributed by atoms with Gasteiger partial charge in [0, 0.05) is 4.47 Å². The molecule has 0 radical (unpaired) electrons. The van der Waals surface area contributed by atoms with Crippen molar-refractivity contribution in [2.75, 3.05) is 11.9 Å². The lowest BCUT2D eigenvalue weighted by Crippen LogP contribution is -2.21. The third-order valence-corrected chi connectivity index (χ3v) is 3.81. The lowest BCUT2D eigenvalue weighted by atomic mass is 10.1. The van der Waals surface area contributed by atoms with E-state index in [1.54, 1.807) is 24.3 Å². The summed E-state index contributed by atoms with van der Waals surface area (Å²) in [6.45, 7) is -0.529. The zero-order valence-electron chi connectivity index (χ0n) is 12.8. The van der Waals surface area contributed by atoms with Crippen LogP contribution in [-0.2, 0) is 26.9 Å². The number of alkyl halides is 3. The SMILES string of the molecule is O=C(COC(=O)Cc1cccc(C(F)(F)F)c1)Nc1ccccc1Br. The molecule has 0 unspecified atom stereocenters. The molecule has 2 aromatic rings. The molecular weight excluding hydrogens is 403 g/mol. The predicted molar refractivity (Wildman–Crippen MR) is 88.9 cm³/mol. The van der Waals surface area contributed by atoms with E-state index in [2.05, 4.69) is 21.2 Å². The highest BCUT2D eigenvalue weighted by atomic mass is 79.9. The van der Waals surface area contributed by atoms with Gasteiger partial charge in [-0.2, -0.15) is 13.2 Å². The summed E-state index contributed by atoms with van der Waals surface area (Å²) >= 11 is 3.26.